The highest BCUT2D eigenvalue weighted by atomic mass is 127. The number of guanidine groups is 1. The molecule has 1 rings (SSSR count). The van der Waals surface area contributed by atoms with Gasteiger partial charge >= 0.3 is 0 Å². The number of rotatable bonds is 9. The normalized spacial score (nSPS) is 15.7. The van der Waals surface area contributed by atoms with Gasteiger partial charge in [-0.05, 0) is 39.0 Å². The fraction of sp³-hybridized carbons (Fsp3) is 0.923. The predicted octanol–water partition coefficient (Wildman–Crippen LogP) is 1.24. The van der Waals surface area contributed by atoms with Gasteiger partial charge in [-0.1, -0.05) is 0 Å². The molecule has 0 aromatic heterocycles. The van der Waals surface area contributed by atoms with Crippen LogP contribution < -0.4 is 10.6 Å². The molecule has 6 nitrogen and oxygen atoms in total. The van der Waals surface area contributed by atoms with Crippen LogP contribution in [0.2, 0.25) is 0 Å². The first-order chi connectivity index (χ1) is 9.49. The van der Waals surface area contributed by atoms with Gasteiger partial charge in [0.25, 0.3) is 0 Å². The minimum atomic E-state index is -3.06. The van der Waals surface area contributed by atoms with Gasteiger partial charge in [0.15, 0.2) is 5.96 Å². The Morgan fingerprint density at radius 2 is 1.95 bits per heavy atom. The van der Waals surface area contributed by atoms with Gasteiger partial charge in [0.1, 0.15) is 0 Å². The van der Waals surface area contributed by atoms with E-state index in [9.17, 15) is 8.42 Å². The van der Waals surface area contributed by atoms with Crippen molar-refractivity contribution < 1.29 is 8.42 Å². The van der Waals surface area contributed by atoms with E-state index < -0.39 is 10.0 Å². The molecule has 21 heavy (non-hydrogen) atoms. The van der Waals surface area contributed by atoms with Gasteiger partial charge in [0.05, 0.1) is 5.75 Å². The second kappa shape index (κ2) is 10.6. The van der Waals surface area contributed by atoms with Crippen LogP contribution in [0.5, 0.6) is 0 Å². The maximum absolute atomic E-state index is 11.6. The molecule has 0 spiro atoms. The van der Waals surface area contributed by atoms with Crippen molar-refractivity contribution in [3.63, 3.8) is 0 Å². The van der Waals surface area contributed by atoms with Gasteiger partial charge in [-0.15, -0.1) is 24.0 Å². The molecular weight excluding hydrogens is 403 g/mol. The van der Waals surface area contributed by atoms with E-state index in [0.29, 0.717) is 6.54 Å². The largest absolute Gasteiger partial charge is 0.357 e. The first-order valence-corrected chi connectivity index (χ1v) is 9.06. The second-order valence-corrected chi connectivity index (χ2v) is 7.53. The third kappa shape index (κ3) is 8.82. The van der Waals surface area contributed by atoms with E-state index in [1.54, 1.807) is 14.0 Å². The maximum Gasteiger partial charge on any atom is 0.213 e. The Bertz CT molecular complexity index is 410. The molecule has 1 aliphatic rings. The van der Waals surface area contributed by atoms with E-state index in [1.807, 2.05) is 6.92 Å². The van der Waals surface area contributed by atoms with Crippen LogP contribution in [0, 0.1) is 5.92 Å². The standard InChI is InChI=1S/C13H28N4O2S.HI/c1-4-14-13(16-11-12-7-8-12)15-9-6-10-17(3)20(18,19)5-2;/h12H,4-11H2,1-3H3,(H2,14,15,16);1H. The van der Waals surface area contributed by atoms with Crippen molar-refractivity contribution in [1.29, 1.82) is 0 Å². The summed E-state index contributed by atoms with van der Waals surface area (Å²) in [4.78, 5) is 4.52. The molecule has 1 fully saturated rings. The number of halogens is 1. The topological polar surface area (TPSA) is 73.8 Å². The zero-order valence-electron chi connectivity index (χ0n) is 13.3. The van der Waals surface area contributed by atoms with Crippen molar-refractivity contribution in [1.82, 2.24) is 14.9 Å². The molecule has 0 aliphatic heterocycles. The Kier molecular flexibility index (Phi) is 10.6. The Labute approximate surface area is 146 Å². The third-order valence-corrected chi connectivity index (χ3v) is 5.19. The quantitative estimate of drug-likeness (QED) is 0.249. The number of hydrogen-bond acceptors (Lipinski definition) is 3. The molecule has 8 heteroatoms. The Balaban J connectivity index is 0.00000400. The lowest BCUT2D eigenvalue weighted by molar-refractivity contribution is 0.461. The monoisotopic (exact) mass is 432 g/mol. The van der Waals surface area contributed by atoms with E-state index >= 15 is 0 Å². The lowest BCUT2D eigenvalue weighted by Gasteiger charge is -2.16. The summed E-state index contributed by atoms with van der Waals surface area (Å²) >= 11 is 0. The van der Waals surface area contributed by atoms with Gasteiger partial charge in [0, 0.05) is 33.2 Å². The van der Waals surface area contributed by atoms with Crippen LogP contribution >= 0.6 is 24.0 Å². The summed E-state index contributed by atoms with van der Waals surface area (Å²) < 4.78 is 24.6. The van der Waals surface area contributed by atoms with Gasteiger partial charge in [0.2, 0.25) is 10.0 Å². The molecule has 0 bridgehead atoms. The molecular formula is C13H29IN4O2S. The highest BCUT2D eigenvalue weighted by Crippen LogP contribution is 2.28. The number of nitrogens with one attached hydrogen (secondary N) is 2. The highest BCUT2D eigenvalue weighted by Gasteiger charge is 2.20. The van der Waals surface area contributed by atoms with Crippen LogP contribution in [0.15, 0.2) is 4.99 Å². The number of hydrogen-bond donors (Lipinski definition) is 2. The van der Waals surface area contributed by atoms with Gasteiger partial charge in [-0.3, -0.25) is 4.99 Å². The Morgan fingerprint density at radius 1 is 1.29 bits per heavy atom. The average Bonchev–Trinajstić information content (AvgIpc) is 3.24. The van der Waals surface area contributed by atoms with Crippen LogP contribution in [0.3, 0.4) is 0 Å². The van der Waals surface area contributed by atoms with Crippen molar-refractivity contribution in [3.05, 3.63) is 0 Å². The molecule has 0 aromatic carbocycles. The lowest BCUT2D eigenvalue weighted by atomic mass is 10.4. The number of aliphatic imine (C=N–C) groups is 1. The maximum atomic E-state index is 11.6. The van der Waals surface area contributed by atoms with E-state index in [0.717, 1.165) is 37.9 Å². The molecule has 0 heterocycles. The molecule has 2 N–H and O–H groups in total. The molecule has 1 aliphatic carbocycles. The smallest absolute Gasteiger partial charge is 0.213 e. The zero-order valence-corrected chi connectivity index (χ0v) is 16.4. The van der Waals surface area contributed by atoms with Crippen LogP contribution in [0.25, 0.3) is 0 Å². The van der Waals surface area contributed by atoms with Crippen molar-refractivity contribution in [3.8, 4) is 0 Å². The SMILES string of the molecule is CCNC(=NCC1CC1)NCCCN(C)S(=O)(=O)CC.I. The third-order valence-electron chi connectivity index (χ3n) is 3.33. The van der Waals surface area contributed by atoms with E-state index in [-0.39, 0.29) is 29.7 Å². The summed E-state index contributed by atoms with van der Waals surface area (Å²) in [6, 6.07) is 0. The predicted molar refractivity (Wildman–Crippen MR) is 98.8 cm³/mol. The van der Waals surface area contributed by atoms with Gasteiger partial charge in [-0.2, -0.15) is 0 Å². The van der Waals surface area contributed by atoms with Crippen molar-refractivity contribution in [2.45, 2.75) is 33.1 Å². The van der Waals surface area contributed by atoms with Crippen LogP contribution in [0.4, 0.5) is 0 Å². The van der Waals surface area contributed by atoms with Crippen molar-refractivity contribution in [2.24, 2.45) is 10.9 Å². The molecule has 0 radical (unpaired) electrons. The highest BCUT2D eigenvalue weighted by molar-refractivity contribution is 14.0. The molecule has 0 aromatic rings. The van der Waals surface area contributed by atoms with Crippen LogP contribution in [-0.2, 0) is 10.0 Å². The summed E-state index contributed by atoms with van der Waals surface area (Å²) in [5.74, 6) is 1.76. The Hall–Kier alpha value is -0.0900. The molecule has 0 atom stereocenters. The second-order valence-electron chi connectivity index (χ2n) is 5.17. The van der Waals surface area contributed by atoms with E-state index in [1.165, 1.54) is 17.1 Å². The van der Waals surface area contributed by atoms with E-state index in [4.69, 9.17) is 0 Å². The first-order valence-electron chi connectivity index (χ1n) is 7.45. The summed E-state index contributed by atoms with van der Waals surface area (Å²) in [6.07, 6.45) is 3.36. The number of sulfonamides is 1. The fourth-order valence-electron chi connectivity index (χ4n) is 1.73. The number of nitrogens with zero attached hydrogens (tertiary/aromatic N) is 2. The Morgan fingerprint density at radius 3 is 2.48 bits per heavy atom. The summed E-state index contributed by atoms with van der Waals surface area (Å²) in [5, 5.41) is 6.45. The minimum Gasteiger partial charge on any atom is -0.357 e. The van der Waals surface area contributed by atoms with Crippen LogP contribution in [0.1, 0.15) is 33.1 Å². The minimum absolute atomic E-state index is 0. The van der Waals surface area contributed by atoms with Gasteiger partial charge < -0.3 is 10.6 Å². The average molecular weight is 432 g/mol. The van der Waals surface area contributed by atoms with Crippen molar-refractivity contribution >= 4 is 40.0 Å². The summed E-state index contributed by atoms with van der Waals surface area (Å²) in [7, 11) is -1.43. The molecule has 0 saturated heterocycles. The van der Waals surface area contributed by atoms with E-state index in [2.05, 4.69) is 15.6 Å². The van der Waals surface area contributed by atoms with Gasteiger partial charge in [-0.25, -0.2) is 12.7 Å². The molecule has 0 amide bonds. The molecule has 126 valence electrons. The first kappa shape index (κ1) is 20.9. The summed E-state index contributed by atoms with van der Waals surface area (Å²) in [6.45, 7) is 6.68. The van der Waals surface area contributed by atoms with Crippen LogP contribution in [-0.4, -0.2) is 57.7 Å². The fourth-order valence-corrected chi connectivity index (χ4v) is 2.58. The van der Waals surface area contributed by atoms with Crippen molar-refractivity contribution in [2.75, 3.05) is 39.0 Å². The lowest BCUT2D eigenvalue weighted by Crippen LogP contribution is -2.39. The molecule has 1 saturated carbocycles. The summed E-state index contributed by atoms with van der Waals surface area (Å²) in [5.41, 5.74) is 0. The molecule has 0 unspecified atom stereocenters. The zero-order chi connectivity index (χ0) is 15.0.